The minimum Gasteiger partial charge on any atom is -0.494 e. The number of carboxylic acids is 1. The van der Waals surface area contributed by atoms with E-state index >= 15 is 4.79 Å². The molecule has 3 aliphatic rings. The van der Waals surface area contributed by atoms with Gasteiger partial charge in [0.15, 0.2) is 28.9 Å². The van der Waals surface area contributed by atoms with Crippen LogP contribution in [-0.2, 0) is 89.5 Å². The van der Waals surface area contributed by atoms with Crippen molar-refractivity contribution >= 4 is 94.3 Å². The number of imide groups is 1. The van der Waals surface area contributed by atoms with Gasteiger partial charge >= 0.3 is 18.0 Å². The smallest absolute Gasteiger partial charge is 0.407 e. The van der Waals surface area contributed by atoms with Crippen molar-refractivity contribution in [3.05, 3.63) is 65.0 Å². The highest BCUT2D eigenvalue weighted by Gasteiger charge is 2.49. The Bertz CT molecular complexity index is 3580. The van der Waals surface area contributed by atoms with Gasteiger partial charge in [-0.1, -0.05) is 106 Å². The average Bonchev–Trinajstić information content (AvgIpc) is 1.72. The Hall–Kier alpha value is -8.22. The van der Waals surface area contributed by atoms with Gasteiger partial charge in [-0.25, -0.2) is 9.18 Å². The number of methoxy groups -OCH3 is 3. The molecule has 2 aromatic rings. The highest BCUT2D eigenvalue weighted by atomic mass is 32.2. The fraction of sp³-hybridized carbons (Fsp3) is 0.687. The molecule has 5 rings (SSSR count). The van der Waals surface area contributed by atoms with Gasteiger partial charge in [-0.15, -0.1) is 11.8 Å². The number of hydrogen-bond donors (Lipinski definition) is 5. The summed E-state index contributed by atoms with van der Waals surface area (Å²) < 4.78 is 43.1. The number of likely N-dealkylation sites (tertiary alicyclic amines) is 2. The fourth-order valence-electron chi connectivity index (χ4n) is 15.2. The number of nitrogens with zero attached hydrogens (tertiary/aromatic N) is 4. The number of Topliss-reactive ketones (excluding diaryl/α,β-unsaturated/α-hetero) is 4. The molecule has 0 radical (unpaired) electrons. The van der Waals surface area contributed by atoms with Crippen molar-refractivity contribution < 1.29 is 100 Å². The van der Waals surface area contributed by atoms with Crippen LogP contribution in [0.3, 0.4) is 0 Å². The number of rotatable bonds is 53. The lowest BCUT2D eigenvalue weighted by Gasteiger charge is -2.41. The number of likely N-dealkylation sites (N-methyl/N-ethyl adjacent to an activating group) is 2. The predicted molar refractivity (Wildman–Crippen MR) is 422 cm³/mol. The second-order valence-corrected chi connectivity index (χ2v) is 33.3. The first kappa shape index (κ1) is 95.4. The van der Waals surface area contributed by atoms with Gasteiger partial charge in [0, 0.05) is 109 Å². The van der Waals surface area contributed by atoms with Crippen molar-refractivity contribution in [2.45, 2.75) is 245 Å². The SMILES string of the molecule is CC[C@H](C)[C@@H]([C@@H](CC(=O)N1C[C@@H](OC(=O)NCCCC(=O)OCc2ccc(CC(=O)[C@H](CCCCC(N)=O)NC(=O)[C@@H](CC(=O)CCCCCN3C(=O)CC(SCC4(CC(=O)O)CC4)C3=O)C(C)C)cc2)C[C@H]1[C@H](OC)[C@@H](C)C(=O)NCC(=O)c1ccc(OC)c(F)c1)OC)N(C)C(=O)[C@@H](CC(=O)[C@H](C(C)C)N(C)C)C(C)C. The summed E-state index contributed by atoms with van der Waals surface area (Å²) in [5.74, 6) is -8.85. The van der Waals surface area contributed by atoms with E-state index in [0.717, 1.165) is 18.9 Å². The molecule has 1 saturated carbocycles. The van der Waals surface area contributed by atoms with Gasteiger partial charge in [0.1, 0.15) is 18.5 Å². The molecule has 0 spiro atoms. The highest BCUT2D eigenvalue weighted by Crippen LogP contribution is 2.52. The molecule has 0 bridgehead atoms. The molecular weight excluding hydrogens is 1480 g/mol. The number of primary amides is 1. The number of unbranched alkanes of at least 4 members (excludes halogenated alkanes) is 3. The van der Waals surface area contributed by atoms with E-state index in [2.05, 4.69) is 16.0 Å². The Balaban J connectivity index is 1.16. The lowest BCUT2D eigenvalue weighted by Crippen LogP contribution is -2.54. The van der Waals surface area contributed by atoms with Gasteiger partial charge < -0.3 is 60.3 Å². The molecule has 30 heteroatoms. The normalized spacial score (nSPS) is 18.4. The maximum absolute atomic E-state index is 15.0. The topological polar surface area (TPSA) is 380 Å². The number of aliphatic carboxylic acids is 1. The summed E-state index contributed by atoms with van der Waals surface area (Å²) in [7, 11) is 9.44. The number of alkyl carbamates (subject to hydrolysis) is 1. The molecule has 6 N–H and O–H groups in total. The van der Waals surface area contributed by atoms with Crippen LogP contribution >= 0.6 is 11.8 Å². The molecule has 3 fully saturated rings. The summed E-state index contributed by atoms with van der Waals surface area (Å²) in [6, 6.07) is 7.55. The van der Waals surface area contributed by atoms with Gasteiger partial charge in [-0.05, 0) is 117 Å². The third kappa shape index (κ3) is 29.5. The highest BCUT2D eigenvalue weighted by molar-refractivity contribution is 8.00. The molecule has 2 heterocycles. The van der Waals surface area contributed by atoms with E-state index in [1.54, 1.807) is 43.1 Å². The van der Waals surface area contributed by atoms with E-state index in [4.69, 9.17) is 29.4 Å². The number of benzene rings is 2. The van der Waals surface area contributed by atoms with Gasteiger partial charge in [-0.3, -0.25) is 72.1 Å². The minimum atomic E-state index is -1.04. The number of carboxylic acid groups (broad SMARTS) is 1. The van der Waals surface area contributed by atoms with Gasteiger partial charge in [0.25, 0.3) is 0 Å². The molecule has 1 unspecified atom stereocenters. The Labute approximate surface area is 669 Å². The molecule has 2 saturated heterocycles. The van der Waals surface area contributed by atoms with Crippen LogP contribution in [0.4, 0.5) is 9.18 Å². The maximum atomic E-state index is 15.0. The molecule has 2 aromatic carbocycles. The van der Waals surface area contributed by atoms with E-state index in [9.17, 15) is 71.8 Å². The zero-order chi connectivity index (χ0) is 84.1. The number of carbonyl (C=O) groups is 14. The first-order valence-corrected chi connectivity index (χ1v) is 40.9. The van der Waals surface area contributed by atoms with Crippen LogP contribution in [0.25, 0.3) is 0 Å². The third-order valence-corrected chi connectivity index (χ3v) is 23.7. The van der Waals surface area contributed by atoms with E-state index in [0.29, 0.717) is 55.4 Å². The average molecular weight is 1610 g/mol. The van der Waals surface area contributed by atoms with Crippen LogP contribution in [0.2, 0.25) is 0 Å². The Kier molecular flexibility index (Phi) is 39.1. The molecule has 0 aromatic heterocycles. The summed E-state index contributed by atoms with van der Waals surface area (Å²) in [6.07, 6.45) is 1.01. The van der Waals surface area contributed by atoms with E-state index in [1.165, 1.54) is 55.0 Å². The first-order chi connectivity index (χ1) is 53.4. The Morgan fingerprint density at radius 1 is 0.752 bits per heavy atom. The molecule has 113 heavy (non-hydrogen) atoms. The number of esters is 1. The number of carbonyl (C=O) groups excluding carboxylic acids is 13. The zero-order valence-corrected chi connectivity index (χ0v) is 69.8. The van der Waals surface area contributed by atoms with Crippen LogP contribution in [0.5, 0.6) is 5.75 Å². The molecule has 12 atom stereocenters. The number of nitrogens with two attached hydrogens (primary N) is 1. The summed E-state index contributed by atoms with van der Waals surface area (Å²) in [6.45, 7) is 16.3. The summed E-state index contributed by atoms with van der Waals surface area (Å²) in [5.41, 5.74) is 6.29. The van der Waals surface area contributed by atoms with Crippen LogP contribution < -0.4 is 26.4 Å². The molecule has 2 aliphatic heterocycles. The number of amides is 8. The predicted octanol–water partition coefficient (Wildman–Crippen LogP) is 8.65. The summed E-state index contributed by atoms with van der Waals surface area (Å²) in [4.78, 5) is 194. The summed E-state index contributed by atoms with van der Waals surface area (Å²) in [5, 5.41) is 16.9. The number of ketones is 4. The van der Waals surface area contributed by atoms with Gasteiger partial charge in [-0.2, -0.15) is 0 Å². The molecular formula is C83H125FN8O20S. The maximum Gasteiger partial charge on any atom is 0.407 e. The number of thioether (sulfide) groups is 1. The quantitative estimate of drug-likeness (QED) is 0.0179. The number of halogens is 1. The van der Waals surface area contributed by atoms with Crippen molar-refractivity contribution in [3.63, 3.8) is 0 Å². The van der Waals surface area contributed by atoms with Crippen LogP contribution in [0.1, 0.15) is 206 Å². The van der Waals surface area contributed by atoms with Crippen molar-refractivity contribution in [2.75, 3.05) is 74.4 Å². The number of ether oxygens (including phenoxy) is 5. The van der Waals surface area contributed by atoms with Crippen LogP contribution in [0, 0.1) is 52.7 Å². The molecule has 630 valence electrons. The monoisotopic (exact) mass is 1600 g/mol. The van der Waals surface area contributed by atoms with E-state index < -0.39 is 125 Å². The minimum absolute atomic E-state index is 0.00242. The number of nitrogens with one attached hydrogen (secondary N) is 3. The van der Waals surface area contributed by atoms with E-state index in [1.807, 2.05) is 74.4 Å². The van der Waals surface area contributed by atoms with Gasteiger partial charge in [0.05, 0.1) is 80.6 Å². The lowest BCUT2D eigenvalue weighted by atomic mass is 9.83. The zero-order valence-electron chi connectivity index (χ0n) is 68.9. The van der Waals surface area contributed by atoms with E-state index in [-0.39, 0.29) is 179 Å². The number of hydrogen-bond acceptors (Lipinski definition) is 21. The first-order valence-electron chi connectivity index (χ1n) is 39.8. The lowest BCUT2D eigenvalue weighted by molar-refractivity contribution is -0.149. The standard InChI is InChI=1S/C83H125FN8O20S/c1-16-52(8)76(90(12)80(105)60(50(4)5)41-65(95)75(51(6)7)89(10)11)68(109-14)42-71(98)92-46-58(40-63(92)77(110-15)53(9)78(103)87-45-66(96)56-31-32-67(108-13)61(84)38-56)112-82(107)86-35-22-26-74(102)111-47-55-29-27-54(28-30-55)37-64(94)62(24-19-20-25-70(85)97)88-79(104)59(49(2)3)39-57(93)23-18-17-21-36-91-72(99)43-69(81(91)106)113-48-83(33-34-83)44-73(100)101/h27-32,38,49-53,58-60,62-63,68-69,75-77H,16-26,33-37,39-48H2,1-15H3,(H2,85,97)(H,86,107)(H,87,103)(H,88,104)(H,100,101)/t52-,53+,58-,59-,60-,62-,63-,68+,69?,75-,76-,77+/m0/s1. The second kappa shape index (κ2) is 46.4. The molecule has 8 amide bonds. The van der Waals surface area contributed by atoms with Crippen molar-refractivity contribution in [3.8, 4) is 5.75 Å². The fourth-order valence-corrected chi connectivity index (χ4v) is 16.7. The third-order valence-electron chi connectivity index (χ3n) is 22.2. The van der Waals surface area contributed by atoms with Gasteiger partial charge in [0.2, 0.25) is 41.4 Å². The van der Waals surface area contributed by atoms with Crippen molar-refractivity contribution in [2.24, 2.45) is 52.6 Å². The molecule has 1 aliphatic carbocycles. The van der Waals surface area contributed by atoms with Crippen molar-refractivity contribution in [1.29, 1.82) is 0 Å². The summed E-state index contributed by atoms with van der Waals surface area (Å²) >= 11 is 1.36. The van der Waals surface area contributed by atoms with Crippen LogP contribution in [-0.4, -0.2) is 229 Å². The Morgan fingerprint density at radius 2 is 1.42 bits per heavy atom. The van der Waals surface area contributed by atoms with Crippen LogP contribution in [0.15, 0.2) is 42.5 Å². The molecule has 28 nitrogen and oxygen atoms in total. The Morgan fingerprint density at radius 3 is 2.00 bits per heavy atom. The largest absolute Gasteiger partial charge is 0.494 e. The second-order valence-electron chi connectivity index (χ2n) is 32.1. The van der Waals surface area contributed by atoms with Crippen molar-refractivity contribution in [1.82, 2.24) is 35.6 Å².